The highest BCUT2D eigenvalue weighted by atomic mass is 79.9. The Balaban J connectivity index is 2.10. The molecule has 0 saturated heterocycles. The summed E-state index contributed by atoms with van der Waals surface area (Å²) in [6.45, 7) is 2.56. The number of nitrogens with zero attached hydrogens (tertiary/aromatic N) is 2. The monoisotopic (exact) mass is 358 g/mol. The van der Waals surface area contributed by atoms with E-state index < -0.39 is 0 Å². The molecule has 0 saturated carbocycles. The molecule has 100 valence electrons. The Morgan fingerprint density at radius 1 is 1.47 bits per heavy atom. The minimum absolute atomic E-state index is 0.00916. The van der Waals surface area contributed by atoms with Crippen LogP contribution in [0.25, 0.3) is 0 Å². The summed E-state index contributed by atoms with van der Waals surface area (Å²) in [4.78, 5) is 13.2. The van der Waals surface area contributed by atoms with E-state index in [1.54, 1.807) is 4.68 Å². The fourth-order valence-electron chi connectivity index (χ4n) is 1.65. The summed E-state index contributed by atoms with van der Waals surface area (Å²) in [5.74, 6) is 0.332. The number of hydrogen-bond acceptors (Lipinski definition) is 3. The minimum Gasteiger partial charge on any atom is -0.291 e. The number of thioether (sulfide) groups is 1. The van der Waals surface area contributed by atoms with E-state index in [1.807, 2.05) is 31.2 Å². The molecule has 0 aliphatic rings. The number of hydrogen-bond donors (Lipinski definition) is 0. The van der Waals surface area contributed by atoms with E-state index >= 15 is 0 Å². The van der Waals surface area contributed by atoms with Crippen molar-refractivity contribution in [3.63, 3.8) is 0 Å². The molecule has 0 aliphatic heterocycles. The molecule has 0 fully saturated rings. The van der Waals surface area contributed by atoms with Crippen LogP contribution in [0.4, 0.5) is 0 Å². The first kappa shape index (κ1) is 14.6. The Bertz CT molecular complexity index is 600. The molecule has 1 heterocycles. The number of aromatic nitrogens is 2. The molecule has 1 aromatic carbocycles. The van der Waals surface area contributed by atoms with Gasteiger partial charge in [-0.25, -0.2) is 0 Å². The van der Waals surface area contributed by atoms with Crippen LogP contribution >= 0.6 is 39.3 Å². The maximum atomic E-state index is 12.2. The highest BCUT2D eigenvalue weighted by Gasteiger charge is 2.17. The van der Waals surface area contributed by atoms with Gasteiger partial charge >= 0.3 is 0 Å². The summed E-state index contributed by atoms with van der Waals surface area (Å²) in [6.07, 6.45) is 1.52. The predicted octanol–water partition coefficient (Wildman–Crippen LogP) is 4.29. The summed E-state index contributed by atoms with van der Waals surface area (Å²) in [7, 11) is 0. The quantitative estimate of drug-likeness (QED) is 0.590. The van der Waals surface area contributed by atoms with Gasteiger partial charge < -0.3 is 0 Å². The van der Waals surface area contributed by atoms with Gasteiger partial charge in [-0.1, -0.05) is 23.7 Å². The second kappa shape index (κ2) is 6.59. The van der Waals surface area contributed by atoms with Gasteiger partial charge in [-0.15, -0.1) is 11.8 Å². The van der Waals surface area contributed by atoms with Crippen molar-refractivity contribution in [3.8, 4) is 0 Å². The first-order valence-electron chi connectivity index (χ1n) is 5.75. The predicted molar refractivity (Wildman–Crippen MR) is 82.1 cm³/mol. The third-order valence-corrected chi connectivity index (χ3v) is 4.86. The van der Waals surface area contributed by atoms with E-state index in [-0.39, 0.29) is 5.78 Å². The molecule has 0 N–H and O–H groups in total. The van der Waals surface area contributed by atoms with Gasteiger partial charge in [0.15, 0.2) is 5.78 Å². The van der Waals surface area contributed by atoms with Gasteiger partial charge in [-0.3, -0.25) is 9.48 Å². The lowest BCUT2D eigenvalue weighted by molar-refractivity contribution is 0.101. The van der Waals surface area contributed by atoms with Crippen LogP contribution in [-0.4, -0.2) is 21.3 Å². The van der Waals surface area contributed by atoms with Gasteiger partial charge in [0.05, 0.1) is 17.0 Å². The van der Waals surface area contributed by atoms with Crippen LogP contribution in [0.5, 0.6) is 0 Å². The Morgan fingerprint density at radius 2 is 2.21 bits per heavy atom. The molecule has 0 bridgehead atoms. The molecule has 19 heavy (non-hydrogen) atoms. The minimum atomic E-state index is -0.00916. The van der Waals surface area contributed by atoms with E-state index in [2.05, 4.69) is 21.0 Å². The van der Waals surface area contributed by atoms with Gasteiger partial charge in [0.1, 0.15) is 5.69 Å². The SMILES string of the molecule is CCn1ncc(Cl)c1C(=O)CSc1ccccc1Br. The van der Waals surface area contributed by atoms with Gasteiger partial charge in [-0.05, 0) is 35.0 Å². The highest BCUT2D eigenvalue weighted by molar-refractivity contribution is 9.10. The fourth-order valence-corrected chi connectivity index (χ4v) is 3.33. The first-order valence-corrected chi connectivity index (χ1v) is 7.91. The van der Waals surface area contributed by atoms with Crippen molar-refractivity contribution in [2.45, 2.75) is 18.4 Å². The molecule has 2 aromatic rings. The highest BCUT2D eigenvalue weighted by Crippen LogP contribution is 2.28. The lowest BCUT2D eigenvalue weighted by Gasteiger charge is -2.06. The molecular formula is C13H12BrClN2OS. The zero-order valence-electron chi connectivity index (χ0n) is 10.3. The van der Waals surface area contributed by atoms with E-state index in [9.17, 15) is 4.79 Å². The maximum Gasteiger partial charge on any atom is 0.192 e. The smallest absolute Gasteiger partial charge is 0.192 e. The fraction of sp³-hybridized carbons (Fsp3) is 0.231. The van der Waals surface area contributed by atoms with Crippen molar-refractivity contribution in [2.24, 2.45) is 0 Å². The summed E-state index contributed by atoms with van der Waals surface area (Å²) in [5.41, 5.74) is 0.490. The van der Waals surface area contributed by atoms with Gasteiger partial charge in [0.25, 0.3) is 0 Å². The lowest BCUT2D eigenvalue weighted by atomic mass is 10.3. The average molecular weight is 360 g/mol. The molecule has 0 aliphatic carbocycles. The van der Waals surface area contributed by atoms with E-state index in [0.29, 0.717) is 23.0 Å². The van der Waals surface area contributed by atoms with E-state index in [4.69, 9.17) is 11.6 Å². The van der Waals surface area contributed by atoms with E-state index in [0.717, 1.165) is 9.37 Å². The molecular weight excluding hydrogens is 348 g/mol. The normalized spacial score (nSPS) is 10.7. The van der Waals surface area contributed by atoms with Crippen molar-refractivity contribution in [3.05, 3.63) is 45.7 Å². The molecule has 3 nitrogen and oxygen atoms in total. The van der Waals surface area contributed by atoms with Gasteiger partial charge in [-0.2, -0.15) is 5.10 Å². The average Bonchev–Trinajstić information content (AvgIpc) is 2.78. The maximum absolute atomic E-state index is 12.2. The number of carbonyl (C=O) groups is 1. The summed E-state index contributed by atoms with van der Waals surface area (Å²) in [5, 5.41) is 4.49. The molecule has 0 spiro atoms. The Labute approximate surface area is 129 Å². The Morgan fingerprint density at radius 3 is 2.89 bits per heavy atom. The van der Waals surface area contributed by atoms with Crippen molar-refractivity contribution in [1.29, 1.82) is 0 Å². The van der Waals surface area contributed by atoms with Crippen molar-refractivity contribution in [2.75, 3.05) is 5.75 Å². The van der Waals surface area contributed by atoms with Crippen LogP contribution in [-0.2, 0) is 6.54 Å². The Kier molecular flexibility index (Phi) is 5.07. The molecule has 1 aromatic heterocycles. The second-order valence-electron chi connectivity index (χ2n) is 3.80. The van der Waals surface area contributed by atoms with Gasteiger partial charge in [0, 0.05) is 15.9 Å². The first-order chi connectivity index (χ1) is 9.13. The van der Waals surface area contributed by atoms with Crippen LogP contribution in [0, 0.1) is 0 Å². The number of Topliss-reactive ketones (excluding diaryl/α,β-unsaturated/α-hetero) is 1. The van der Waals surface area contributed by atoms with Crippen LogP contribution in [0.1, 0.15) is 17.4 Å². The Hall–Kier alpha value is -0.780. The molecule has 0 amide bonds. The third-order valence-electron chi connectivity index (χ3n) is 2.55. The number of aryl methyl sites for hydroxylation is 1. The zero-order chi connectivity index (χ0) is 13.8. The van der Waals surface area contributed by atoms with Crippen LogP contribution in [0.15, 0.2) is 39.8 Å². The lowest BCUT2D eigenvalue weighted by Crippen LogP contribution is -2.11. The largest absolute Gasteiger partial charge is 0.291 e. The zero-order valence-corrected chi connectivity index (χ0v) is 13.4. The third kappa shape index (κ3) is 3.41. The van der Waals surface area contributed by atoms with E-state index in [1.165, 1.54) is 18.0 Å². The van der Waals surface area contributed by atoms with Gasteiger partial charge in [0.2, 0.25) is 0 Å². The number of ketones is 1. The number of carbonyl (C=O) groups excluding carboxylic acids is 1. The summed E-state index contributed by atoms with van der Waals surface area (Å²) < 4.78 is 2.62. The standard InChI is InChI=1S/C13H12BrClN2OS/c1-2-17-13(10(15)7-16-17)11(18)8-19-12-6-4-3-5-9(12)14/h3-7H,2,8H2,1H3. The van der Waals surface area contributed by atoms with Crippen LogP contribution in [0.3, 0.4) is 0 Å². The second-order valence-corrected chi connectivity index (χ2v) is 6.08. The van der Waals surface area contributed by atoms with Crippen molar-refractivity contribution in [1.82, 2.24) is 9.78 Å². The summed E-state index contributed by atoms with van der Waals surface area (Å²) >= 11 is 11.0. The molecule has 6 heteroatoms. The molecule has 0 unspecified atom stereocenters. The topological polar surface area (TPSA) is 34.9 Å². The molecule has 0 atom stereocenters. The molecule has 2 rings (SSSR count). The van der Waals surface area contributed by atoms with Crippen LogP contribution in [0.2, 0.25) is 5.02 Å². The van der Waals surface area contributed by atoms with Crippen molar-refractivity contribution < 1.29 is 4.79 Å². The number of rotatable bonds is 5. The summed E-state index contributed by atoms with van der Waals surface area (Å²) in [6, 6.07) is 7.82. The van der Waals surface area contributed by atoms with Crippen molar-refractivity contribution >= 4 is 45.1 Å². The number of halogens is 2. The number of benzene rings is 1. The molecule has 0 radical (unpaired) electrons. The van der Waals surface area contributed by atoms with Crippen LogP contribution < -0.4 is 0 Å².